The lowest BCUT2D eigenvalue weighted by molar-refractivity contribution is 0.0996. The minimum Gasteiger partial charge on any atom is -0.486 e. The van der Waals surface area contributed by atoms with Crippen molar-refractivity contribution in [2.45, 2.75) is 25.7 Å². The smallest absolute Gasteiger partial charge is 0.252 e. The number of nitrogens with one attached hydrogen (secondary N) is 1. The highest BCUT2D eigenvalue weighted by Crippen LogP contribution is 2.36. The zero-order valence-corrected chi connectivity index (χ0v) is 18.0. The van der Waals surface area contributed by atoms with Gasteiger partial charge in [-0.2, -0.15) is 0 Å². The number of aromatic amines is 1. The summed E-state index contributed by atoms with van der Waals surface area (Å²) in [5, 5.41) is 0.552. The number of carbonyl (C=O) groups excluding carboxylic acids is 1. The molecule has 1 aliphatic carbocycles. The van der Waals surface area contributed by atoms with Gasteiger partial charge < -0.3 is 20.4 Å². The zero-order chi connectivity index (χ0) is 23.1. The normalized spacial score (nSPS) is 15.2. The number of fused-ring (bicyclic) bond motifs is 2. The van der Waals surface area contributed by atoms with Crippen LogP contribution in [-0.2, 0) is 6.42 Å². The monoisotopic (exact) mass is 455 g/mol. The van der Waals surface area contributed by atoms with Crippen molar-refractivity contribution >= 4 is 22.9 Å². The number of nitrogens with two attached hydrogens (primary N) is 1. The molecule has 1 amide bonds. The topological polar surface area (TPSA) is 71.4 Å². The first-order valence-corrected chi connectivity index (χ1v) is 11.1. The maximum absolute atomic E-state index is 14.5. The number of carbonyl (C=O) groups is 1. The van der Waals surface area contributed by atoms with Crippen LogP contribution in [0.2, 0.25) is 0 Å². The van der Waals surface area contributed by atoms with Crippen molar-refractivity contribution < 1.29 is 22.7 Å². The molecule has 172 valence electrons. The number of halogens is 3. The highest BCUT2D eigenvalue weighted by Gasteiger charge is 2.28. The largest absolute Gasteiger partial charge is 0.486 e. The Hall–Kier alpha value is -3.42. The Morgan fingerprint density at radius 1 is 1.18 bits per heavy atom. The van der Waals surface area contributed by atoms with E-state index in [4.69, 9.17) is 10.5 Å². The van der Waals surface area contributed by atoms with Gasteiger partial charge in [0.05, 0.1) is 22.3 Å². The molecule has 0 bridgehead atoms. The number of hydrogen-bond acceptors (Lipinski definition) is 3. The Morgan fingerprint density at radius 2 is 2.00 bits per heavy atom. The van der Waals surface area contributed by atoms with Crippen molar-refractivity contribution in [1.82, 2.24) is 9.88 Å². The van der Waals surface area contributed by atoms with Gasteiger partial charge in [-0.15, -0.1) is 0 Å². The molecule has 0 saturated heterocycles. The van der Waals surface area contributed by atoms with E-state index in [2.05, 4.69) is 9.88 Å². The minimum atomic E-state index is -0.662. The Bertz CT molecular complexity index is 1260. The molecule has 0 atom stereocenters. The standard InChI is InChI=1S/C25H24F3N3O2/c26-16-8-19-15(11-30-23(19)22(28)9-16)2-1-7-31(12-14-3-4-14)17-10-20-21(27)6-5-18(25(29)32)24(20)33-13-17/h5-6,8-11,14,30H,1-4,7,12-13H2,(H2,29,32). The summed E-state index contributed by atoms with van der Waals surface area (Å²) in [6, 6.07) is 4.78. The summed E-state index contributed by atoms with van der Waals surface area (Å²) in [6.07, 6.45) is 7.14. The second kappa shape index (κ2) is 8.50. The van der Waals surface area contributed by atoms with Crippen LogP contribution in [0, 0.1) is 23.4 Å². The maximum atomic E-state index is 14.5. The molecule has 0 unspecified atom stereocenters. The van der Waals surface area contributed by atoms with Crippen molar-refractivity contribution in [2.75, 3.05) is 19.7 Å². The summed E-state index contributed by atoms with van der Waals surface area (Å²) in [4.78, 5) is 16.8. The van der Waals surface area contributed by atoms with Crippen LogP contribution in [0.15, 0.2) is 36.2 Å². The number of rotatable bonds is 8. The van der Waals surface area contributed by atoms with Crippen molar-refractivity contribution in [3.63, 3.8) is 0 Å². The summed E-state index contributed by atoms with van der Waals surface area (Å²) in [5.41, 5.74) is 7.80. The van der Waals surface area contributed by atoms with Crippen LogP contribution in [0.3, 0.4) is 0 Å². The van der Waals surface area contributed by atoms with Crippen LogP contribution in [0.5, 0.6) is 5.75 Å². The summed E-state index contributed by atoms with van der Waals surface area (Å²) in [6.45, 7) is 1.73. The molecule has 3 aromatic rings. The fourth-order valence-electron chi connectivity index (χ4n) is 4.44. The Morgan fingerprint density at radius 3 is 2.76 bits per heavy atom. The number of H-pyrrole nitrogens is 1. The fraction of sp³-hybridized carbons (Fsp3) is 0.320. The minimum absolute atomic E-state index is 0.161. The van der Waals surface area contributed by atoms with Gasteiger partial charge in [-0.3, -0.25) is 4.79 Å². The quantitative estimate of drug-likeness (QED) is 0.514. The van der Waals surface area contributed by atoms with Gasteiger partial charge in [0.15, 0.2) is 0 Å². The van der Waals surface area contributed by atoms with E-state index in [1.54, 1.807) is 12.3 Å². The molecule has 5 rings (SSSR count). The molecule has 3 N–H and O–H groups in total. The van der Waals surface area contributed by atoms with Crippen LogP contribution in [0.1, 0.15) is 40.7 Å². The van der Waals surface area contributed by atoms with E-state index in [1.807, 2.05) is 0 Å². The molecule has 0 radical (unpaired) electrons. The number of aromatic nitrogens is 1. The molecule has 1 fully saturated rings. The second-order valence-electron chi connectivity index (χ2n) is 8.74. The summed E-state index contributed by atoms with van der Waals surface area (Å²) < 4.78 is 48.0. The fourth-order valence-corrected chi connectivity index (χ4v) is 4.44. The third kappa shape index (κ3) is 4.29. The van der Waals surface area contributed by atoms with Crippen molar-refractivity contribution in [1.29, 1.82) is 0 Å². The number of primary amides is 1. The van der Waals surface area contributed by atoms with E-state index in [-0.39, 0.29) is 23.5 Å². The van der Waals surface area contributed by atoms with Crippen LogP contribution in [0.25, 0.3) is 17.0 Å². The number of nitrogens with zero attached hydrogens (tertiary/aromatic N) is 1. The third-order valence-corrected chi connectivity index (χ3v) is 6.33. The molecule has 2 aromatic carbocycles. The van der Waals surface area contributed by atoms with Gasteiger partial charge in [-0.25, -0.2) is 13.2 Å². The molecule has 1 aromatic heterocycles. The molecular weight excluding hydrogens is 431 g/mol. The summed E-state index contributed by atoms with van der Waals surface area (Å²) >= 11 is 0. The number of amides is 1. The first-order chi connectivity index (χ1) is 15.9. The zero-order valence-electron chi connectivity index (χ0n) is 18.0. The van der Waals surface area contributed by atoms with Crippen LogP contribution in [-0.4, -0.2) is 35.5 Å². The van der Waals surface area contributed by atoms with E-state index in [0.29, 0.717) is 29.8 Å². The molecular formula is C25H24F3N3O2. The maximum Gasteiger partial charge on any atom is 0.252 e. The molecule has 0 spiro atoms. The lowest BCUT2D eigenvalue weighted by atomic mass is 10.0. The van der Waals surface area contributed by atoms with Gasteiger partial charge in [0.2, 0.25) is 0 Å². The average molecular weight is 455 g/mol. The first-order valence-electron chi connectivity index (χ1n) is 11.1. The van der Waals surface area contributed by atoms with E-state index in [1.165, 1.54) is 18.2 Å². The van der Waals surface area contributed by atoms with Gasteiger partial charge in [-0.05, 0) is 61.4 Å². The molecule has 8 heteroatoms. The summed E-state index contributed by atoms with van der Waals surface area (Å²) in [5.74, 6) is -1.57. The summed E-state index contributed by atoms with van der Waals surface area (Å²) in [7, 11) is 0. The predicted octanol–water partition coefficient (Wildman–Crippen LogP) is 4.76. The molecule has 2 aliphatic rings. The highest BCUT2D eigenvalue weighted by molar-refractivity contribution is 5.97. The highest BCUT2D eigenvalue weighted by atomic mass is 19.1. The number of hydrogen-bond donors (Lipinski definition) is 2. The predicted molar refractivity (Wildman–Crippen MR) is 119 cm³/mol. The molecule has 33 heavy (non-hydrogen) atoms. The van der Waals surface area contributed by atoms with E-state index < -0.39 is 23.4 Å². The molecule has 2 heterocycles. The van der Waals surface area contributed by atoms with Gasteiger partial charge in [0.25, 0.3) is 5.91 Å². The lowest BCUT2D eigenvalue weighted by Gasteiger charge is -2.31. The first kappa shape index (κ1) is 21.4. The Kier molecular flexibility index (Phi) is 5.52. The lowest BCUT2D eigenvalue weighted by Crippen LogP contribution is -2.31. The molecule has 1 aliphatic heterocycles. The SMILES string of the molecule is NC(=O)c1ccc(F)c2c1OCC(N(CCCc1c[nH]c3c(F)cc(F)cc13)CC1CC1)=C2. The van der Waals surface area contributed by atoms with Crippen LogP contribution >= 0.6 is 0 Å². The Balaban J connectivity index is 1.35. The van der Waals surface area contributed by atoms with Crippen LogP contribution < -0.4 is 10.5 Å². The van der Waals surface area contributed by atoms with Crippen molar-refractivity contribution in [3.8, 4) is 5.75 Å². The van der Waals surface area contributed by atoms with Crippen molar-refractivity contribution in [2.24, 2.45) is 11.7 Å². The van der Waals surface area contributed by atoms with E-state index in [9.17, 15) is 18.0 Å². The Labute approximate surface area is 189 Å². The number of ether oxygens (including phenoxy) is 1. The van der Waals surface area contributed by atoms with Gasteiger partial charge >= 0.3 is 0 Å². The van der Waals surface area contributed by atoms with E-state index >= 15 is 0 Å². The third-order valence-electron chi connectivity index (χ3n) is 6.33. The van der Waals surface area contributed by atoms with Gasteiger partial charge in [0.1, 0.15) is 29.8 Å². The van der Waals surface area contributed by atoms with Crippen LogP contribution in [0.4, 0.5) is 13.2 Å². The van der Waals surface area contributed by atoms with E-state index in [0.717, 1.165) is 43.1 Å². The van der Waals surface area contributed by atoms with Gasteiger partial charge in [-0.1, -0.05) is 0 Å². The molecule has 5 nitrogen and oxygen atoms in total. The van der Waals surface area contributed by atoms with Crippen molar-refractivity contribution in [3.05, 3.63) is 70.3 Å². The van der Waals surface area contributed by atoms with Gasteiger partial charge in [0, 0.05) is 30.7 Å². The second-order valence-corrected chi connectivity index (χ2v) is 8.74. The molecule has 1 saturated carbocycles. The average Bonchev–Trinajstić information content (AvgIpc) is 3.51. The number of aryl methyl sites for hydroxylation is 1. The number of benzene rings is 2.